The molecule has 1 aromatic rings. The van der Waals surface area contributed by atoms with Crippen LogP contribution in [0.25, 0.3) is 0 Å². The van der Waals surface area contributed by atoms with Gasteiger partial charge in [0.05, 0.1) is 0 Å². The lowest BCUT2D eigenvalue weighted by atomic mass is 9.87. The Balaban J connectivity index is 2.77. The molecular formula is C12H19F3N4O. The molecule has 1 rings (SSSR count). The number of amides is 1. The van der Waals surface area contributed by atoms with Gasteiger partial charge in [0.15, 0.2) is 0 Å². The SMILES string of the molecule is C[C@H](C(=O)N[C@H](CC(C)(C)C)C(F)(F)F)n1cncn1. The van der Waals surface area contributed by atoms with E-state index in [4.69, 9.17) is 0 Å². The minimum absolute atomic E-state index is 0.188. The molecule has 0 saturated carbocycles. The highest BCUT2D eigenvalue weighted by atomic mass is 19.4. The van der Waals surface area contributed by atoms with E-state index in [1.807, 2.05) is 5.32 Å². The van der Waals surface area contributed by atoms with Crippen LogP contribution in [0.1, 0.15) is 40.2 Å². The van der Waals surface area contributed by atoms with Crippen LogP contribution in [0.4, 0.5) is 13.2 Å². The molecule has 8 heteroatoms. The van der Waals surface area contributed by atoms with Crippen LogP contribution in [0.15, 0.2) is 12.7 Å². The molecule has 0 radical (unpaired) electrons. The standard InChI is InChI=1S/C12H19F3N4O/c1-8(19-7-16-6-17-19)10(20)18-9(12(13,14)15)5-11(2,3)4/h6-9H,5H2,1-4H3,(H,18,20)/t8-,9-/m1/s1. The van der Waals surface area contributed by atoms with Gasteiger partial charge in [-0.05, 0) is 18.8 Å². The van der Waals surface area contributed by atoms with Gasteiger partial charge < -0.3 is 5.32 Å². The van der Waals surface area contributed by atoms with Crippen molar-refractivity contribution in [1.82, 2.24) is 20.1 Å². The van der Waals surface area contributed by atoms with E-state index in [-0.39, 0.29) is 6.42 Å². The van der Waals surface area contributed by atoms with Crippen LogP contribution in [-0.4, -0.2) is 32.9 Å². The summed E-state index contributed by atoms with van der Waals surface area (Å²) in [5, 5.41) is 5.79. The van der Waals surface area contributed by atoms with Crippen molar-refractivity contribution in [3.63, 3.8) is 0 Å². The molecule has 20 heavy (non-hydrogen) atoms. The van der Waals surface area contributed by atoms with Crippen LogP contribution in [0.5, 0.6) is 0 Å². The van der Waals surface area contributed by atoms with Gasteiger partial charge in [-0.2, -0.15) is 18.3 Å². The topological polar surface area (TPSA) is 59.8 Å². The molecule has 0 unspecified atom stereocenters. The number of alkyl halides is 3. The van der Waals surface area contributed by atoms with Gasteiger partial charge in [-0.15, -0.1) is 0 Å². The van der Waals surface area contributed by atoms with Crippen molar-refractivity contribution in [2.24, 2.45) is 5.41 Å². The Morgan fingerprint density at radius 3 is 2.35 bits per heavy atom. The molecule has 0 spiro atoms. The summed E-state index contributed by atoms with van der Waals surface area (Å²) >= 11 is 0. The number of nitrogens with zero attached hydrogens (tertiary/aromatic N) is 3. The summed E-state index contributed by atoms with van der Waals surface area (Å²) in [7, 11) is 0. The Morgan fingerprint density at radius 1 is 1.35 bits per heavy atom. The zero-order valence-electron chi connectivity index (χ0n) is 11.9. The smallest absolute Gasteiger partial charge is 0.343 e. The van der Waals surface area contributed by atoms with Crippen LogP contribution >= 0.6 is 0 Å². The van der Waals surface area contributed by atoms with Gasteiger partial charge in [-0.1, -0.05) is 20.8 Å². The lowest BCUT2D eigenvalue weighted by molar-refractivity contribution is -0.167. The van der Waals surface area contributed by atoms with Crippen LogP contribution in [0, 0.1) is 5.41 Å². The van der Waals surface area contributed by atoms with Crippen molar-refractivity contribution < 1.29 is 18.0 Å². The van der Waals surface area contributed by atoms with Crippen molar-refractivity contribution in [3.05, 3.63) is 12.7 Å². The number of aromatic nitrogens is 3. The summed E-state index contributed by atoms with van der Waals surface area (Å²) in [6.07, 6.45) is -2.16. The van der Waals surface area contributed by atoms with Gasteiger partial charge in [0.25, 0.3) is 0 Å². The molecule has 0 bridgehead atoms. The molecule has 0 aliphatic carbocycles. The molecule has 0 aliphatic heterocycles. The quantitative estimate of drug-likeness (QED) is 0.926. The average molecular weight is 292 g/mol. The number of rotatable bonds is 4. The highest BCUT2D eigenvalue weighted by molar-refractivity contribution is 5.80. The van der Waals surface area contributed by atoms with E-state index >= 15 is 0 Å². The molecule has 0 aromatic carbocycles. The average Bonchev–Trinajstić information content (AvgIpc) is 2.77. The normalized spacial score (nSPS) is 15.8. The van der Waals surface area contributed by atoms with Crippen molar-refractivity contribution in [1.29, 1.82) is 0 Å². The lowest BCUT2D eigenvalue weighted by Gasteiger charge is -2.29. The number of hydrogen-bond donors (Lipinski definition) is 1. The molecule has 0 aliphatic rings. The lowest BCUT2D eigenvalue weighted by Crippen LogP contribution is -2.49. The fraction of sp³-hybridized carbons (Fsp3) is 0.750. The van der Waals surface area contributed by atoms with Crippen LogP contribution in [0.3, 0.4) is 0 Å². The third-order valence-corrected chi connectivity index (χ3v) is 2.74. The van der Waals surface area contributed by atoms with Crippen LogP contribution in [0.2, 0.25) is 0 Å². The molecule has 0 fully saturated rings. The van der Waals surface area contributed by atoms with E-state index in [1.54, 1.807) is 20.8 Å². The zero-order chi connectivity index (χ0) is 15.6. The predicted molar refractivity (Wildman–Crippen MR) is 66.8 cm³/mol. The first-order chi connectivity index (χ1) is 9.00. The number of carbonyl (C=O) groups excluding carboxylic acids is 1. The Morgan fingerprint density at radius 2 is 1.95 bits per heavy atom. The highest BCUT2D eigenvalue weighted by Crippen LogP contribution is 2.30. The first kappa shape index (κ1) is 16.5. The van der Waals surface area contributed by atoms with Crippen LogP contribution in [-0.2, 0) is 4.79 Å². The summed E-state index contributed by atoms with van der Waals surface area (Å²) in [4.78, 5) is 15.5. The van der Waals surface area contributed by atoms with E-state index < -0.39 is 29.6 Å². The molecule has 1 amide bonds. The van der Waals surface area contributed by atoms with Crippen molar-refractivity contribution >= 4 is 5.91 Å². The molecule has 5 nitrogen and oxygen atoms in total. The molecule has 2 atom stereocenters. The van der Waals surface area contributed by atoms with Gasteiger partial charge in [0.2, 0.25) is 5.91 Å². The Bertz CT molecular complexity index is 437. The highest BCUT2D eigenvalue weighted by Gasteiger charge is 2.43. The minimum atomic E-state index is -4.48. The Labute approximate surface area is 115 Å². The number of halogens is 3. The summed E-state index contributed by atoms with van der Waals surface area (Å²) < 4.78 is 40.1. The molecule has 1 heterocycles. The van der Waals surface area contributed by atoms with Crippen molar-refractivity contribution in [3.8, 4) is 0 Å². The molecule has 114 valence electrons. The molecule has 1 N–H and O–H groups in total. The van der Waals surface area contributed by atoms with E-state index in [9.17, 15) is 18.0 Å². The van der Waals surface area contributed by atoms with E-state index in [1.165, 1.54) is 24.3 Å². The second-order valence-electron chi connectivity index (χ2n) is 5.92. The molecular weight excluding hydrogens is 273 g/mol. The monoisotopic (exact) mass is 292 g/mol. The zero-order valence-corrected chi connectivity index (χ0v) is 11.9. The number of carbonyl (C=O) groups is 1. The van der Waals surface area contributed by atoms with Gasteiger partial charge in [0.1, 0.15) is 24.7 Å². The fourth-order valence-electron chi connectivity index (χ4n) is 1.69. The van der Waals surface area contributed by atoms with E-state index in [0.717, 1.165) is 0 Å². The second kappa shape index (κ2) is 5.80. The van der Waals surface area contributed by atoms with Gasteiger partial charge in [-0.25, -0.2) is 9.67 Å². The number of hydrogen-bond acceptors (Lipinski definition) is 3. The summed E-state index contributed by atoms with van der Waals surface area (Å²) in [6.45, 7) is 6.55. The minimum Gasteiger partial charge on any atom is -0.343 e. The van der Waals surface area contributed by atoms with Crippen molar-refractivity contribution in [2.45, 2.75) is 52.4 Å². The Hall–Kier alpha value is -1.60. The molecule has 0 saturated heterocycles. The van der Waals surface area contributed by atoms with Gasteiger partial charge in [-0.3, -0.25) is 4.79 Å². The summed E-state index contributed by atoms with van der Waals surface area (Å²) in [6, 6.07) is -2.72. The predicted octanol–water partition coefficient (Wildman–Crippen LogP) is 2.32. The summed E-state index contributed by atoms with van der Waals surface area (Å²) in [5.74, 6) is -0.734. The van der Waals surface area contributed by atoms with Crippen LogP contribution < -0.4 is 5.32 Å². The second-order valence-corrected chi connectivity index (χ2v) is 5.92. The first-order valence-electron chi connectivity index (χ1n) is 6.22. The third-order valence-electron chi connectivity index (χ3n) is 2.74. The largest absolute Gasteiger partial charge is 0.408 e. The third kappa shape index (κ3) is 4.82. The maximum atomic E-state index is 13.0. The maximum absolute atomic E-state index is 13.0. The van der Waals surface area contributed by atoms with E-state index in [0.29, 0.717) is 0 Å². The molecule has 1 aromatic heterocycles. The summed E-state index contributed by atoms with van der Waals surface area (Å²) in [5.41, 5.74) is -0.552. The Kier molecular flexibility index (Phi) is 4.77. The van der Waals surface area contributed by atoms with Crippen molar-refractivity contribution in [2.75, 3.05) is 0 Å². The maximum Gasteiger partial charge on any atom is 0.408 e. The first-order valence-corrected chi connectivity index (χ1v) is 6.22. The fourth-order valence-corrected chi connectivity index (χ4v) is 1.69. The number of nitrogens with one attached hydrogen (secondary N) is 1. The van der Waals surface area contributed by atoms with Gasteiger partial charge in [0, 0.05) is 0 Å². The van der Waals surface area contributed by atoms with E-state index in [2.05, 4.69) is 10.1 Å². The van der Waals surface area contributed by atoms with Gasteiger partial charge >= 0.3 is 6.18 Å².